The number of hydrogen-bond acceptors (Lipinski definition) is 7. The first kappa shape index (κ1) is 23.4. The Balaban J connectivity index is 1.65. The first-order valence-corrected chi connectivity index (χ1v) is 11.6. The highest BCUT2D eigenvalue weighted by atomic mass is 35.5. The third-order valence-electron chi connectivity index (χ3n) is 5.32. The minimum atomic E-state index is -4.63. The molecule has 0 atom stereocenters. The van der Waals surface area contributed by atoms with Crippen LogP contribution in [0.15, 0.2) is 36.8 Å². The molecule has 3 aromatic rings. The zero-order valence-electron chi connectivity index (χ0n) is 17.5. The van der Waals surface area contributed by atoms with Crippen molar-refractivity contribution in [3.05, 3.63) is 52.9 Å². The molecule has 1 N–H and O–H groups in total. The summed E-state index contributed by atoms with van der Waals surface area (Å²) in [6, 6.07) is 6.66. The van der Waals surface area contributed by atoms with Crippen molar-refractivity contribution >= 4 is 29.5 Å². The van der Waals surface area contributed by atoms with Gasteiger partial charge in [0.05, 0.1) is 34.2 Å². The molecule has 0 amide bonds. The van der Waals surface area contributed by atoms with Crippen LogP contribution >= 0.6 is 23.5 Å². The normalized spacial score (nSPS) is 15.4. The van der Waals surface area contributed by atoms with Gasteiger partial charge in [-0.2, -0.15) is 23.5 Å². The Labute approximate surface area is 197 Å². The van der Waals surface area contributed by atoms with Gasteiger partial charge in [-0.15, -0.1) is 0 Å². The minimum Gasteiger partial charge on any atom is -0.351 e. The summed E-state index contributed by atoms with van der Waals surface area (Å²) in [6.45, 7) is 1.76. The molecule has 2 aromatic heterocycles. The van der Waals surface area contributed by atoms with Crippen LogP contribution in [-0.4, -0.2) is 49.4 Å². The molecule has 0 saturated carbocycles. The number of alkyl halides is 3. The Morgan fingerprint density at radius 2 is 2.00 bits per heavy atom. The monoisotopic (exact) mass is 493 g/mol. The average Bonchev–Trinajstić information content (AvgIpc) is 3.28. The lowest BCUT2D eigenvalue weighted by Gasteiger charge is -2.30. The van der Waals surface area contributed by atoms with E-state index >= 15 is 0 Å². The van der Waals surface area contributed by atoms with Crippen molar-refractivity contribution in [1.82, 2.24) is 24.1 Å². The van der Waals surface area contributed by atoms with Crippen molar-refractivity contribution in [1.29, 1.82) is 5.26 Å². The predicted molar refractivity (Wildman–Crippen MR) is 121 cm³/mol. The summed E-state index contributed by atoms with van der Waals surface area (Å²) >= 11 is 7.90. The van der Waals surface area contributed by atoms with Crippen molar-refractivity contribution in [2.45, 2.75) is 25.1 Å². The summed E-state index contributed by atoms with van der Waals surface area (Å²) in [5, 5.41) is 16.6. The molecule has 1 saturated heterocycles. The first-order chi connectivity index (χ1) is 15.8. The summed E-state index contributed by atoms with van der Waals surface area (Å²) in [7, 11) is 0. The molecule has 0 bridgehead atoms. The molecule has 12 heteroatoms. The second-order valence-corrected chi connectivity index (χ2v) is 8.72. The van der Waals surface area contributed by atoms with Gasteiger partial charge >= 0.3 is 6.18 Å². The van der Waals surface area contributed by atoms with Crippen LogP contribution in [-0.2, 0) is 6.18 Å². The van der Waals surface area contributed by atoms with Crippen LogP contribution in [0.1, 0.15) is 24.0 Å². The zero-order valence-corrected chi connectivity index (χ0v) is 19.0. The topological polar surface area (TPSA) is 82.7 Å². The smallest absolute Gasteiger partial charge is 0.351 e. The Bertz CT molecular complexity index is 1180. The van der Waals surface area contributed by atoms with Crippen LogP contribution in [0.5, 0.6) is 0 Å². The fraction of sp³-hybridized carbons (Fsp3) is 0.333. The predicted octanol–water partition coefficient (Wildman–Crippen LogP) is 5.03. The van der Waals surface area contributed by atoms with E-state index in [1.54, 1.807) is 24.1 Å². The molecule has 172 valence electrons. The van der Waals surface area contributed by atoms with Gasteiger partial charge in [0.25, 0.3) is 0 Å². The second kappa shape index (κ2) is 9.59. The lowest BCUT2D eigenvalue weighted by atomic mass is 10.1. The Kier molecular flexibility index (Phi) is 6.78. The van der Waals surface area contributed by atoms with Crippen molar-refractivity contribution in [2.75, 3.05) is 24.7 Å². The van der Waals surface area contributed by atoms with Crippen molar-refractivity contribution < 1.29 is 13.2 Å². The summed E-state index contributed by atoms with van der Waals surface area (Å²) in [6.07, 6.45) is 2.59. The van der Waals surface area contributed by atoms with E-state index in [4.69, 9.17) is 16.9 Å². The van der Waals surface area contributed by atoms with Crippen LogP contribution in [0.2, 0.25) is 5.02 Å². The maximum absolute atomic E-state index is 13.7. The van der Waals surface area contributed by atoms with Gasteiger partial charge in [-0.05, 0) is 37.3 Å². The molecule has 7 nitrogen and oxygen atoms in total. The van der Waals surface area contributed by atoms with Gasteiger partial charge in [0.15, 0.2) is 0 Å². The SMILES string of the molecule is CSN1CCC(Nc2ncc(C(F)(F)F)c(-c3cnn(-c4ccc(C#N)cc4Cl)c3)n2)CC1. The highest BCUT2D eigenvalue weighted by Crippen LogP contribution is 2.36. The summed E-state index contributed by atoms with van der Waals surface area (Å²) in [5.74, 6) is 0.143. The van der Waals surface area contributed by atoms with E-state index in [1.165, 1.54) is 23.1 Å². The molecular formula is C21H19ClF3N7S. The van der Waals surface area contributed by atoms with Crippen molar-refractivity contribution in [3.8, 4) is 23.0 Å². The van der Waals surface area contributed by atoms with Crippen LogP contribution in [0, 0.1) is 11.3 Å². The quantitative estimate of drug-likeness (QED) is 0.499. The molecule has 33 heavy (non-hydrogen) atoms. The molecular weight excluding hydrogens is 475 g/mol. The van der Waals surface area contributed by atoms with Gasteiger partial charge in [0.2, 0.25) is 5.95 Å². The Morgan fingerprint density at radius 3 is 2.64 bits per heavy atom. The fourth-order valence-corrected chi connectivity index (χ4v) is 4.43. The van der Waals surface area contributed by atoms with E-state index < -0.39 is 11.7 Å². The number of benzene rings is 1. The highest BCUT2D eigenvalue weighted by molar-refractivity contribution is 7.96. The lowest BCUT2D eigenvalue weighted by Crippen LogP contribution is -2.35. The number of nitriles is 1. The number of hydrogen-bond donors (Lipinski definition) is 1. The maximum atomic E-state index is 13.7. The van der Waals surface area contributed by atoms with Gasteiger partial charge < -0.3 is 5.32 Å². The molecule has 3 heterocycles. The van der Waals surface area contributed by atoms with Gasteiger partial charge in [-0.1, -0.05) is 23.5 Å². The molecule has 1 aliphatic heterocycles. The average molecular weight is 494 g/mol. The third-order valence-corrected chi connectivity index (χ3v) is 6.50. The highest BCUT2D eigenvalue weighted by Gasteiger charge is 2.36. The number of halogens is 4. The van der Waals surface area contributed by atoms with Crippen LogP contribution < -0.4 is 5.32 Å². The molecule has 0 unspecified atom stereocenters. The molecule has 1 aliphatic rings. The Hall–Kier alpha value is -2.81. The summed E-state index contributed by atoms with van der Waals surface area (Å²) in [4.78, 5) is 8.13. The van der Waals surface area contributed by atoms with Gasteiger partial charge in [0, 0.05) is 37.1 Å². The molecule has 1 aromatic carbocycles. The van der Waals surface area contributed by atoms with Crippen LogP contribution in [0.3, 0.4) is 0 Å². The van der Waals surface area contributed by atoms with E-state index in [2.05, 4.69) is 24.7 Å². The third kappa shape index (κ3) is 5.24. The number of aromatic nitrogens is 4. The molecule has 0 aliphatic carbocycles. The van der Waals surface area contributed by atoms with E-state index in [1.807, 2.05) is 12.3 Å². The van der Waals surface area contributed by atoms with E-state index in [9.17, 15) is 13.2 Å². The van der Waals surface area contributed by atoms with Gasteiger partial charge in [-0.25, -0.2) is 14.6 Å². The second-order valence-electron chi connectivity index (χ2n) is 7.44. The number of anilines is 1. The van der Waals surface area contributed by atoms with E-state index in [0.29, 0.717) is 11.3 Å². The molecule has 0 spiro atoms. The first-order valence-electron chi connectivity index (χ1n) is 10.0. The lowest BCUT2D eigenvalue weighted by molar-refractivity contribution is -0.137. The fourth-order valence-electron chi connectivity index (χ4n) is 3.58. The van der Waals surface area contributed by atoms with Crippen molar-refractivity contribution in [2.24, 2.45) is 0 Å². The van der Waals surface area contributed by atoms with Crippen molar-refractivity contribution in [3.63, 3.8) is 0 Å². The standard InChI is InChI=1S/C21H19ClF3N7S/c1-33-31-6-4-15(5-7-31)29-20-27-11-16(21(23,24)25)19(30-20)14-10-28-32(12-14)18-3-2-13(9-26)8-17(18)22/h2-3,8,10-12,15H,4-7H2,1H3,(H,27,29,30). The number of piperidine rings is 1. The van der Waals surface area contributed by atoms with Gasteiger partial charge in [0.1, 0.15) is 5.56 Å². The Morgan fingerprint density at radius 1 is 1.24 bits per heavy atom. The number of nitrogens with zero attached hydrogens (tertiary/aromatic N) is 6. The molecule has 0 radical (unpaired) electrons. The number of rotatable bonds is 5. The molecule has 1 fully saturated rings. The number of nitrogens with one attached hydrogen (secondary N) is 1. The van der Waals surface area contributed by atoms with Gasteiger partial charge in [-0.3, -0.25) is 4.31 Å². The van der Waals surface area contributed by atoms with E-state index in [0.717, 1.165) is 32.1 Å². The van der Waals surface area contributed by atoms with Crippen LogP contribution in [0.25, 0.3) is 16.9 Å². The maximum Gasteiger partial charge on any atom is 0.419 e. The molecule has 4 rings (SSSR count). The minimum absolute atomic E-state index is 0.0816. The van der Waals surface area contributed by atoms with E-state index in [-0.39, 0.29) is 28.3 Å². The summed E-state index contributed by atoms with van der Waals surface area (Å²) < 4.78 is 44.7. The zero-order chi connectivity index (χ0) is 23.6. The largest absolute Gasteiger partial charge is 0.419 e. The summed E-state index contributed by atoms with van der Waals surface area (Å²) in [5.41, 5.74) is -0.243. The van der Waals surface area contributed by atoms with Crippen LogP contribution in [0.4, 0.5) is 19.1 Å².